The van der Waals surface area contributed by atoms with Crippen LogP contribution in [0.5, 0.6) is 0 Å². The van der Waals surface area contributed by atoms with Gasteiger partial charge in [0.25, 0.3) is 0 Å². The van der Waals surface area contributed by atoms with E-state index in [1.165, 1.54) is 18.5 Å². The van der Waals surface area contributed by atoms with Gasteiger partial charge in [-0.1, -0.05) is 11.6 Å². The summed E-state index contributed by atoms with van der Waals surface area (Å²) in [5, 5.41) is 10.1. The number of halogens is 2. The third-order valence-corrected chi connectivity index (χ3v) is 2.98. The molecule has 3 rings (SSSR count). The number of nitrogens with zero attached hydrogens (tertiary/aromatic N) is 3. The zero-order valence-electron chi connectivity index (χ0n) is 9.91. The zero-order chi connectivity index (χ0) is 13.4. The molecule has 0 aliphatic rings. The van der Waals surface area contributed by atoms with Crippen molar-refractivity contribution in [1.82, 2.24) is 20.2 Å². The number of nitrogens with one attached hydrogen (secondary N) is 2. The number of anilines is 2. The third kappa shape index (κ3) is 2.10. The van der Waals surface area contributed by atoms with E-state index in [0.29, 0.717) is 17.0 Å². The predicted molar refractivity (Wildman–Crippen MR) is 71.1 cm³/mol. The maximum Gasteiger partial charge on any atom is 0.162 e. The molecule has 5 nitrogen and oxygen atoms in total. The summed E-state index contributed by atoms with van der Waals surface area (Å²) >= 11 is 5.73. The lowest BCUT2D eigenvalue weighted by Gasteiger charge is -2.06. The van der Waals surface area contributed by atoms with Gasteiger partial charge in [0.05, 0.1) is 10.7 Å². The number of H-pyrrole nitrogens is 1. The number of benzene rings is 1. The van der Waals surface area contributed by atoms with Gasteiger partial charge >= 0.3 is 0 Å². The van der Waals surface area contributed by atoms with Crippen LogP contribution in [0, 0.1) is 12.7 Å². The Balaban J connectivity index is 2.03. The van der Waals surface area contributed by atoms with Crippen LogP contribution in [0.3, 0.4) is 0 Å². The fourth-order valence-electron chi connectivity index (χ4n) is 1.75. The number of fused-ring (bicyclic) bond motifs is 1. The van der Waals surface area contributed by atoms with Gasteiger partial charge < -0.3 is 5.32 Å². The highest BCUT2D eigenvalue weighted by Crippen LogP contribution is 2.25. The third-order valence-electron chi connectivity index (χ3n) is 2.70. The van der Waals surface area contributed by atoms with Gasteiger partial charge in [-0.15, -0.1) is 0 Å². The lowest BCUT2D eigenvalue weighted by atomic mass is 10.3. The molecule has 0 saturated heterocycles. The summed E-state index contributed by atoms with van der Waals surface area (Å²) in [4.78, 5) is 8.27. The van der Waals surface area contributed by atoms with E-state index in [-0.39, 0.29) is 5.02 Å². The molecule has 0 aliphatic carbocycles. The molecule has 0 radical (unpaired) electrons. The average Bonchev–Trinajstić information content (AvgIpc) is 2.77. The minimum atomic E-state index is -0.462. The monoisotopic (exact) mass is 277 g/mol. The van der Waals surface area contributed by atoms with Crippen molar-refractivity contribution in [2.75, 3.05) is 5.32 Å². The minimum absolute atomic E-state index is 0.0495. The van der Waals surface area contributed by atoms with Gasteiger partial charge in [0.1, 0.15) is 17.7 Å². The van der Waals surface area contributed by atoms with Crippen LogP contribution in [0.25, 0.3) is 11.0 Å². The molecule has 2 N–H and O–H groups in total. The van der Waals surface area contributed by atoms with E-state index >= 15 is 0 Å². The van der Waals surface area contributed by atoms with E-state index in [4.69, 9.17) is 11.6 Å². The molecule has 3 aromatic rings. The second-order valence-electron chi connectivity index (χ2n) is 4.02. The van der Waals surface area contributed by atoms with E-state index in [1.807, 2.05) is 6.92 Å². The largest absolute Gasteiger partial charge is 0.338 e. The molecule has 0 fully saturated rings. The van der Waals surface area contributed by atoms with Gasteiger partial charge in [-0.05, 0) is 25.1 Å². The smallest absolute Gasteiger partial charge is 0.162 e. The van der Waals surface area contributed by atoms with Gasteiger partial charge in [0, 0.05) is 5.69 Å². The molecule has 0 bridgehead atoms. The van der Waals surface area contributed by atoms with Crippen LogP contribution in [0.2, 0.25) is 5.02 Å². The van der Waals surface area contributed by atoms with Crippen molar-refractivity contribution in [3.63, 3.8) is 0 Å². The summed E-state index contributed by atoms with van der Waals surface area (Å²) in [5.41, 5.74) is 2.86. The highest BCUT2D eigenvalue weighted by molar-refractivity contribution is 6.31. The molecule has 0 amide bonds. The Hall–Kier alpha value is -2.21. The summed E-state index contributed by atoms with van der Waals surface area (Å²) in [6, 6.07) is 4.36. The molecule has 2 aromatic heterocycles. The maximum atomic E-state index is 13.1. The Morgan fingerprint density at radius 2 is 2.11 bits per heavy atom. The van der Waals surface area contributed by atoms with E-state index in [0.717, 1.165) is 11.2 Å². The van der Waals surface area contributed by atoms with E-state index < -0.39 is 5.82 Å². The molecule has 0 atom stereocenters. The van der Waals surface area contributed by atoms with E-state index in [9.17, 15) is 4.39 Å². The summed E-state index contributed by atoms with van der Waals surface area (Å²) in [6.07, 6.45) is 1.44. The van der Waals surface area contributed by atoms with Crippen molar-refractivity contribution in [3.05, 3.63) is 41.1 Å². The first-order valence-electron chi connectivity index (χ1n) is 5.53. The second kappa shape index (κ2) is 4.47. The van der Waals surface area contributed by atoms with Crippen LogP contribution < -0.4 is 5.32 Å². The van der Waals surface area contributed by atoms with Crippen molar-refractivity contribution < 1.29 is 4.39 Å². The zero-order valence-corrected chi connectivity index (χ0v) is 10.7. The summed E-state index contributed by atoms with van der Waals surface area (Å²) in [7, 11) is 0. The normalized spacial score (nSPS) is 10.9. The van der Waals surface area contributed by atoms with Gasteiger partial charge in [0.15, 0.2) is 11.3 Å². The first-order valence-corrected chi connectivity index (χ1v) is 5.90. The van der Waals surface area contributed by atoms with Crippen LogP contribution in [0.1, 0.15) is 5.69 Å². The SMILES string of the molecule is Cc1[nH]nc2c(Nc3ccc(F)c(Cl)c3)ncnc12. The van der Waals surface area contributed by atoms with Crippen LogP contribution >= 0.6 is 11.6 Å². The molecule has 2 heterocycles. The molecule has 0 spiro atoms. The number of aryl methyl sites for hydroxylation is 1. The number of aromatic amines is 1. The number of hydrogen-bond donors (Lipinski definition) is 2. The van der Waals surface area contributed by atoms with Gasteiger partial charge in [-0.25, -0.2) is 14.4 Å². The highest BCUT2D eigenvalue weighted by atomic mass is 35.5. The molecule has 7 heteroatoms. The van der Waals surface area contributed by atoms with Crippen molar-refractivity contribution >= 4 is 34.1 Å². The molecule has 19 heavy (non-hydrogen) atoms. The molecule has 0 unspecified atom stereocenters. The fourth-order valence-corrected chi connectivity index (χ4v) is 1.93. The second-order valence-corrected chi connectivity index (χ2v) is 4.43. The number of rotatable bonds is 2. The number of aromatic nitrogens is 4. The van der Waals surface area contributed by atoms with Crippen LogP contribution in [0.15, 0.2) is 24.5 Å². The molecule has 0 saturated carbocycles. The van der Waals surface area contributed by atoms with Crippen molar-refractivity contribution in [2.24, 2.45) is 0 Å². The molecular weight excluding hydrogens is 269 g/mol. The first kappa shape index (κ1) is 11.9. The first-order chi connectivity index (χ1) is 9.15. The van der Waals surface area contributed by atoms with Crippen LogP contribution in [-0.2, 0) is 0 Å². The van der Waals surface area contributed by atoms with Gasteiger partial charge in [-0.3, -0.25) is 5.10 Å². The Labute approximate surface area is 112 Å². The number of hydrogen-bond acceptors (Lipinski definition) is 4. The summed E-state index contributed by atoms with van der Waals surface area (Å²) < 4.78 is 13.1. The molecular formula is C12H9ClFN5. The Morgan fingerprint density at radius 1 is 1.26 bits per heavy atom. The molecule has 1 aromatic carbocycles. The van der Waals surface area contributed by atoms with E-state index in [2.05, 4.69) is 25.5 Å². The highest BCUT2D eigenvalue weighted by Gasteiger charge is 2.10. The van der Waals surface area contributed by atoms with Crippen molar-refractivity contribution in [2.45, 2.75) is 6.92 Å². The summed E-state index contributed by atoms with van der Waals surface area (Å²) in [6.45, 7) is 1.88. The van der Waals surface area contributed by atoms with Gasteiger partial charge in [0.2, 0.25) is 0 Å². The maximum absolute atomic E-state index is 13.1. The Morgan fingerprint density at radius 3 is 2.89 bits per heavy atom. The minimum Gasteiger partial charge on any atom is -0.338 e. The topological polar surface area (TPSA) is 66.5 Å². The quantitative estimate of drug-likeness (QED) is 0.755. The Kier molecular flexibility index (Phi) is 2.79. The van der Waals surface area contributed by atoms with Crippen molar-refractivity contribution in [3.8, 4) is 0 Å². The predicted octanol–water partition coefficient (Wildman–Crippen LogP) is 3.20. The standard InChI is InChI=1S/C12H9ClFN5/c1-6-10-11(19-18-6)12(16-5-15-10)17-7-2-3-9(14)8(13)4-7/h2-5H,1H3,(H,18,19)(H,15,16,17). The molecule has 0 aliphatic heterocycles. The fraction of sp³-hybridized carbons (Fsp3) is 0.0833. The van der Waals surface area contributed by atoms with Crippen LogP contribution in [0.4, 0.5) is 15.9 Å². The molecule has 96 valence electrons. The van der Waals surface area contributed by atoms with Crippen molar-refractivity contribution in [1.29, 1.82) is 0 Å². The average molecular weight is 278 g/mol. The lowest BCUT2D eigenvalue weighted by Crippen LogP contribution is -1.96. The van der Waals surface area contributed by atoms with E-state index in [1.54, 1.807) is 6.07 Å². The lowest BCUT2D eigenvalue weighted by molar-refractivity contribution is 0.628. The summed E-state index contributed by atoms with van der Waals surface area (Å²) in [5.74, 6) is 0.0766. The van der Waals surface area contributed by atoms with Gasteiger partial charge in [-0.2, -0.15) is 5.10 Å². The van der Waals surface area contributed by atoms with Crippen LogP contribution in [-0.4, -0.2) is 20.2 Å². The Bertz CT molecular complexity index is 755.